The summed E-state index contributed by atoms with van der Waals surface area (Å²) in [7, 11) is 0. The van der Waals surface area contributed by atoms with Crippen molar-refractivity contribution in [1.29, 1.82) is 0 Å². The van der Waals surface area contributed by atoms with Gasteiger partial charge < -0.3 is 25.2 Å². The van der Waals surface area contributed by atoms with Gasteiger partial charge in [-0.25, -0.2) is 9.59 Å². The molecule has 0 spiro atoms. The van der Waals surface area contributed by atoms with E-state index in [1.54, 1.807) is 12.1 Å². The first-order valence-corrected chi connectivity index (χ1v) is 14.1. The molecule has 3 N–H and O–H groups in total. The van der Waals surface area contributed by atoms with Crippen LogP contribution in [-0.2, 0) is 30.5 Å². The summed E-state index contributed by atoms with van der Waals surface area (Å²) in [5.41, 5.74) is 4.96. The number of hydrogen-bond donors (Lipinski definition) is 3. The smallest absolute Gasteiger partial charge is 0.407 e. The molecule has 3 atom stereocenters. The van der Waals surface area contributed by atoms with Crippen LogP contribution in [0.1, 0.15) is 55.7 Å². The van der Waals surface area contributed by atoms with Gasteiger partial charge in [-0.15, -0.1) is 0 Å². The maximum atomic E-state index is 13.2. The van der Waals surface area contributed by atoms with Gasteiger partial charge in [-0.3, -0.25) is 9.59 Å². The number of ether oxygens (including phenoxy) is 2. The number of carboxylic acid groups (broad SMARTS) is 1. The molecule has 1 aliphatic carbocycles. The number of nitrogens with one attached hydrogen (secondary N) is 2. The molecule has 0 aromatic heterocycles. The highest BCUT2D eigenvalue weighted by Crippen LogP contribution is 2.44. The molecule has 0 saturated carbocycles. The molecule has 0 radical (unpaired) electrons. The van der Waals surface area contributed by atoms with Crippen LogP contribution in [0.5, 0.6) is 0 Å². The molecule has 0 heterocycles. The maximum Gasteiger partial charge on any atom is 0.407 e. The van der Waals surface area contributed by atoms with Gasteiger partial charge >= 0.3 is 18.0 Å². The molecule has 4 rings (SSSR count). The number of amides is 2. The van der Waals surface area contributed by atoms with Crippen LogP contribution in [0.15, 0.2) is 78.9 Å². The number of aliphatic carboxylic acids is 1. The predicted molar refractivity (Wildman–Crippen MR) is 156 cm³/mol. The van der Waals surface area contributed by atoms with Gasteiger partial charge in [-0.1, -0.05) is 99.1 Å². The van der Waals surface area contributed by atoms with Crippen molar-refractivity contribution >= 4 is 23.9 Å². The molecule has 2 amide bonds. The van der Waals surface area contributed by atoms with E-state index in [0.717, 1.165) is 34.2 Å². The van der Waals surface area contributed by atoms with Crippen molar-refractivity contribution in [2.45, 2.75) is 57.7 Å². The average molecular weight is 573 g/mol. The molecule has 0 fully saturated rings. The van der Waals surface area contributed by atoms with Gasteiger partial charge in [0.05, 0.1) is 6.42 Å². The predicted octanol–water partition coefficient (Wildman–Crippen LogP) is 5.03. The Hall–Kier alpha value is -4.66. The average Bonchev–Trinajstić information content (AvgIpc) is 3.32. The third kappa shape index (κ3) is 7.75. The molecule has 9 nitrogen and oxygen atoms in total. The van der Waals surface area contributed by atoms with E-state index in [0.29, 0.717) is 0 Å². The summed E-state index contributed by atoms with van der Waals surface area (Å²) in [4.78, 5) is 50.7. The number of carbonyl (C=O) groups is 4. The van der Waals surface area contributed by atoms with Crippen molar-refractivity contribution in [3.05, 3.63) is 95.6 Å². The fraction of sp³-hybridized carbons (Fsp3) is 0.333. The van der Waals surface area contributed by atoms with Crippen LogP contribution >= 0.6 is 0 Å². The van der Waals surface area contributed by atoms with E-state index in [1.165, 1.54) is 0 Å². The lowest BCUT2D eigenvalue weighted by Gasteiger charge is -2.23. The van der Waals surface area contributed by atoms with Gasteiger partial charge in [-0.2, -0.15) is 0 Å². The fourth-order valence-corrected chi connectivity index (χ4v) is 5.02. The number of rotatable bonds is 13. The highest BCUT2D eigenvalue weighted by Gasteiger charge is 2.32. The number of benzene rings is 3. The van der Waals surface area contributed by atoms with Crippen LogP contribution in [-0.4, -0.2) is 47.7 Å². The van der Waals surface area contributed by atoms with E-state index in [1.807, 2.05) is 80.6 Å². The van der Waals surface area contributed by atoms with Crippen molar-refractivity contribution in [2.75, 3.05) is 6.61 Å². The zero-order valence-corrected chi connectivity index (χ0v) is 23.7. The first-order chi connectivity index (χ1) is 20.3. The molecule has 0 bridgehead atoms. The van der Waals surface area contributed by atoms with Gasteiger partial charge in [0, 0.05) is 5.92 Å². The Balaban J connectivity index is 1.44. The van der Waals surface area contributed by atoms with Crippen LogP contribution < -0.4 is 10.6 Å². The van der Waals surface area contributed by atoms with Crippen molar-refractivity contribution < 1.29 is 33.8 Å². The lowest BCUT2D eigenvalue weighted by molar-refractivity contribution is -0.147. The number of carbonyl (C=O) groups excluding carboxylic acids is 3. The second-order valence-corrected chi connectivity index (χ2v) is 10.5. The molecule has 2 unspecified atom stereocenters. The Morgan fingerprint density at radius 3 is 2.00 bits per heavy atom. The Labute approximate surface area is 245 Å². The second kappa shape index (κ2) is 14.3. The minimum absolute atomic E-state index is 0.00920. The summed E-state index contributed by atoms with van der Waals surface area (Å²) in [5.74, 6) is -2.90. The van der Waals surface area contributed by atoms with Crippen LogP contribution in [0.25, 0.3) is 11.1 Å². The molecule has 42 heavy (non-hydrogen) atoms. The molecule has 0 aliphatic heterocycles. The van der Waals surface area contributed by atoms with Crippen molar-refractivity contribution in [2.24, 2.45) is 5.92 Å². The first-order valence-electron chi connectivity index (χ1n) is 14.1. The van der Waals surface area contributed by atoms with E-state index in [-0.39, 0.29) is 31.5 Å². The molecule has 9 heteroatoms. The van der Waals surface area contributed by atoms with Crippen LogP contribution in [0, 0.1) is 5.92 Å². The van der Waals surface area contributed by atoms with E-state index in [2.05, 4.69) is 10.6 Å². The lowest BCUT2D eigenvalue weighted by atomic mass is 9.98. The standard InChI is InChI=1S/C33H36N2O7/c1-3-21(2)17-29(32(38)39)34-31(37)28(18-30(36)41-19-22-11-5-4-6-12-22)35-33(40)42-20-27-25-15-9-7-13-23(25)24-14-8-10-16-26(24)27/h4-16,21,27-29H,3,17-20H2,1-2H3,(H,34,37)(H,35,40)(H,38,39)/t21?,28-,29?/m0/s1. The van der Waals surface area contributed by atoms with Crippen molar-refractivity contribution in [3.8, 4) is 11.1 Å². The lowest BCUT2D eigenvalue weighted by Crippen LogP contribution is -2.52. The fourth-order valence-electron chi connectivity index (χ4n) is 5.02. The summed E-state index contributed by atoms with van der Waals surface area (Å²) >= 11 is 0. The van der Waals surface area contributed by atoms with Gasteiger partial charge in [0.15, 0.2) is 0 Å². The van der Waals surface area contributed by atoms with E-state index >= 15 is 0 Å². The van der Waals surface area contributed by atoms with Gasteiger partial charge in [0.1, 0.15) is 25.3 Å². The second-order valence-electron chi connectivity index (χ2n) is 10.5. The third-order valence-corrected chi connectivity index (χ3v) is 7.52. The van der Waals surface area contributed by atoms with Crippen LogP contribution in [0.3, 0.4) is 0 Å². The molecular weight excluding hydrogens is 536 g/mol. The van der Waals surface area contributed by atoms with E-state index < -0.39 is 42.4 Å². The number of alkyl carbamates (subject to hydrolysis) is 1. The topological polar surface area (TPSA) is 131 Å². The van der Waals surface area contributed by atoms with Gasteiger partial charge in [-0.05, 0) is 40.2 Å². The van der Waals surface area contributed by atoms with Crippen LogP contribution in [0.2, 0.25) is 0 Å². The van der Waals surface area contributed by atoms with Crippen LogP contribution in [0.4, 0.5) is 4.79 Å². The highest BCUT2D eigenvalue weighted by atomic mass is 16.5. The van der Waals surface area contributed by atoms with Gasteiger partial charge in [0.2, 0.25) is 5.91 Å². The van der Waals surface area contributed by atoms with E-state index in [9.17, 15) is 24.3 Å². The number of fused-ring (bicyclic) bond motifs is 3. The summed E-state index contributed by atoms with van der Waals surface area (Å²) in [6, 6.07) is 22.2. The monoisotopic (exact) mass is 572 g/mol. The highest BCUT2D eigenvalue weighted by molar-refractivity contribution is 5.92. The summed E-state index contributed by atoms with van der Waals surface area (Å²) in [5, 5.41) is 14.6. The number of esters is 1. The summed E-state index contributed by atoms with van der Waals surface area (Å²) < 4.78 is 10.9. The molecule has 220 valence electrons. The summed E-state index contributed by atoms with van der Waals surface area (Å²) in [6.45, 7) is 3.81. The Kier molecular flexibility index (Phi) is 10.3. The maximum absolute atomic E-state index is 13.2. The van der Waals surface area contributed by atoms with E-state index in [4.69, 9.17) is 9.47 Å². The zero-order valence-electron chi connectivity index (χ0n) is 23.7. The number of carboxylic acids is 1. The van der Waals surface area contributed by atoms with Crippen molar-refractivity contribution in [1.82, 2.24) is 10.6 Å². The molecule has 1 aliphatic rings. The van der Waals surface area contributed by atoms with Gasteiger partial charge in [0.25, 0.3) is 0 Å². The SMILES string of the molecule is CCC(C)CC(NC(=O)[C@H](CC(=O)OCc1ccccc1)NC(=O)OCC1c2ccccc2-c2ccccc21)C(=O)O. The minimum atomic E-state index is -1.40. The zero-order chi connectivity index (χ0) is 30.1. The summed E-state index contributed by atoms with van der Waals surface area (Å²) in [6.07, 6.45) is -0.472. The first kappa shape index (κ1) is 30.3. The Morgan fingerprint density at radius 1 is 0.810 bits per heavy atom. The molecular formula is C33H36N2O7. The molecule has 3 aromatic carbocycles. The molecule has 0 saturated heterocycles. The largest absolute Gasteiger partial charge is 0.480 e. The number of hydrogen-bond acceptors (Lipinski definition) is 6. The normalized spacial score (nSPS) is 14.0. The quantitative estimate of drug-likeness (QED) is 0.245. The Bertz CT molecular complexity index is 1360. The third-order valence-electron chi connectivity index (χ3n) is 7.52. The Morgan fingerprint density at radius 2 is 1.40 bits per heavy atom. The van der Waals surface area contributed by atoms with Crippen molar-refractivity contribution in [3.63, 3.8) is 0 Å². The molecule has 3 aromatic rings. The minimum Gasteiger partial charge on any atom is -0.480 e.